The summed E-state index contributed by atoms with van der Waals surface area (Å²) in [5, 5.41) is 21.1. The molecule has 106 valence electrons. The highest BCUT2D eigenvalue weighted by atomic mass is 16.4. The Bertz CT molecular complexity index is 447. The van der Waals surface area contributed by atoms with E-state index in [4.69, 9.17) is 0 Å². The van der Waals surface area contributed by atoms with E-state index < -0.39 is 11.4 Å². The fourth-order valence-electron chi connectivity index (χ4n) is 2.63. The van der Waals surface area contributed by atoms with E-state index in [1.54, 1.807) is 4.68 Å². The first-order valence-electron chi connectivity index (χ1n) is 6.82. The van der Waals surface area contributed by atoms with Crippen molar-refractivity contribution in [1.82, 2.24) is 25.1 Å². The number of likely N-dealkylation sites (tertiary alicyclic amines) is 1. The Morgan fingerprint density at radius 1 is 1.47 bits per heavy atom. The molecule has 0 spiro atoms. The maximum absolute atomic E-state index is 11.4. The zero-order valence-corrected chi connectivity index (χ0v) is 11.5. The van der Waals surface area contributed by atoms with E-state index in [1.165, 1.54) is 0 Å². The number of carboxylic acid groups (broad SMARTS) is 1. The summed E-state index contributed by atoms with van der Waals surface area (Å²) in [6, 6.07) is 0. The predicted molar refractivity (Wildman–Crippen MR) is 68.4 cm³/mol. The molecule has 2 rings (SSSR count). The number of aliphatic carboxylic acids is 1. The zero-order valence-electron chi connectivity index (χ0n) is 11.5. The SMILES string of the molecule is CCCn1nnnc1CN1CCC(CC)(C(=O)O)C1. The Balaban J connectivity index is 2.02. The van der Waals surface area contributed by atoms with Crippen molar-refractivity contribution in [2.45, 2.75) is 46.2 Å². The third kappa shape index (κ3) is 2.75. The molecule has 0 bridgehead atoms. The fourth-order valence-corrected chi connectivity index (χ4v) is 2.63. The van der Waals surface area contributed by atoms with Gasteiger partial charge in [0.15, 0.2) is 5.82 Å². The third-order valence-corrected chi connectivity index (χ3v) is 3.97. The van der Waals surface area contributed by atoms with E-state index >= 15 is 0 Å². The second kappa shape index (κ2) is 5.64. The summed E-state index contributed by atoms with van der Waals surface area (Å²) < 4.78 is 1.80. The lowest BCUT2D eigenvalue weighted by molar-refractivity contribution is -0.148. The van der Waals surface area contributed by atoms with Gasteiger partial charge in [0.1, 0.15) is 0 Å². The summed E-state index contributed by atoms with van der Waals surface area (Å²) in [5.41, 5.74) is -0.594. The molecule has 1 aliphatic rings. The molecule has 1 saturated heterocycles. The smallest absolute Gasteiger partial charge is 0.310 e. The molecule has 0 aliphatic carbocycles. The van der Waals surface area contributed by atoms with Crippen LogP contribution in [0.3, 0.4) is 0 Å². The molecule has 1 fully saturated rings. The van der Waals surface area contributed by atoms with E-state index in [2.05, 4.69) is 27.3 Å². The first kappa shape index (κ1) is 13.9. The Kier molecular flexibility index (Phi) is 4.14. The summed E-state index contributed by atoms with van der Waals surface area (Å²) in [4.78, 5) is 13.5. The van der Waals surface area contributed by atoms with Crippen LogP contribution in [0.1, 0.15) is 38.9 Å². The minimum atomic E-state index is -0.689. The van der Waals surface area contributed by atoms with Gasteiger partial charge in [-0.1, -0.05) is 13.8 Å². The highest BCUT2D eigenvalue weighted by Crippen LogP contribution is 2.34. The van der Waals surface area contributed by atoms with Crippen molar-refractivity contribution in [2.75, 3.05) is 13.1 Å². The molecular formula is C12H21N5O2. The minimum Gasteiger partial charge on any atom is -0.481 e. The van der Waals surface area contributed by atoms with Gasteiger partial charge in [0.2, 0.25) is 0 Å². The van der Waals surface area contributed by atoms with Gasteiger partial charge in [-0.05, 0) is 36.2 Å². The van der Waals surface area contributed by atoms with Crippen LogP contribution >= 0.6 is 0 Å². The topological polar surface area (TPSA) is 84.1 Å². The van der Waals surface area contributed by atoms with Gasteiger partial charge in [-0.3, -0.25) is 9.69 Å². The van der Waals surface area contributed by atoms with Crippen molar-refractivity contribution < 1.29 is 9.90 Å². The van der Waals surface area contributed by atoms with Crippen LogP contribution in [0.4, 0.5) is 0 Å². The molecule has 1 N–H and O–H groups in total. The van der Waals surface area contributed by atoms with Crippen LogP contribution in [-0.4, -0.2) is 49.3 Å². The molecule has 1 aromatic rings. The average Bonchev–Trinajstić information content (AvgIpc) is 2.99. The number of nitrogens with zero attached hydrogens (tertiary/aromatic N) is 5. The number of carboxylic acids is 1. The second-order valence-corrected chi connectivity index (χ2v) is 5.22. The molecule has 2 heterocycles. The van der Waals surface area contributed by atoms with E-state index in [9.17, 15) is 9.90 Å². The van der Waals surface area contributed by atoms with Crippen molar-refractivity contribution in [3.8, 4) is 0 Å². The second-order valence-electron chi connectivity index (χ2n) is 5.22. The molecule has 7 heteroatoms. The van der Waals surface area contributed by atoms with E-state index in [0.717, 1.165) is 25.3 Å². The maximum Gasteiger partial charge on any atom is 0.310 e. The Morgan fingerprint density at radius 2 is 2.26 bits per heavy atom. The summed E-state index contributed by atoms with van der Waals surface area (Å²) in [5.74, 6) is 0.129. The van der Waals surface area contributed by atoms with E-state index in [-0.39, 0.29) is 0 Å². The van der Waals surface area contributed by atoms with Gasteiger partial charge in [0.05, 0.1) is 12.0 Å². The van der Waals surface area contributed by atoms with Crippen LogP contribution in [-0.2, 0) is 17.9 Å². The zero-order chi connectivity index (χ0) is 13.9. The Labute approximate surface area is 112 Å². The van der Waals surface area contributed by atoms with Crippen LogP contribution in [0.25, 0.3) is 0 Å². The van der Waals surface area contributed by atoms with Gasteiger partial charge in [0, 0.05) is 13.1 Å². The summed E-state index contributed by atoms with van der Waals surface area (Å²) in [6.07, 6.45) is 2.35. The summed E-state index contributed by atoms with van der Waals surface area (Å²) in [7, 11) is 0. The van der Waals surface area contributed by atoms with Crippen LogP contribution in [0, 0.1) is 5.41 Å². The molecule has 1 aliphatic heterocycles. The number of hydrogen-bond acceptors (Lipinski definition) is 5. The molecule has 0 radical (unpaired) electrons. The summed E-state index contributed by atoms with van der Waals surface area (Å²) in [6.45, 7) is 6.82. The number of aryl methyl sites for hydroxylation is 1. The molecule has 1 unspecified atom stereocenters. The monoisotopic (exact) mass is 267 g/mol. The highest BCUT2D eigenvalue weighted by molar-refractivity contribution is 5.75. The molecule has 1 aromatic heterocycles. The Hall–Kier alpha value is -1.50. The lowest BCUT2D eigenvalue weighted by Crippen LogP contribution is -2.34. The van der Waals surface area contributed by atoms with Gasteiger partial charge in [0.25, 0.3) is 0 Å². The normalized spacial score (nSPS) is 23.9. The molecule has 0 aromatic carbocycles. The van der Waals surface area contributed by atoms with Crippen molar-refractivity contribution in [3.63, 3.8) is 0 Å². The molecule has 0 amide bonds. The van der Waals surface area contributed by atoms with Gasteiger partial charge in [-0.2, -0.15) is 0 Å². The van der Waals surface area contributed by atoms with Crippen molar-refractivity contribution >= 4 is 5.97 Å². The number of carbonyl (C=O) groups is 1. The first-order chi connectivity index (χ1) is 9.11. The van der Waals surface area contributed by atoms with E-state index in [1.807, 2.05) is 6.92 Å². The predicted octanol–water partition coefficient (Wildman–Crippen LogP) is 0.770. The third-order valence-electron chi connectivity index (χ3n) is 3.97. The first-order valence-corrected chi connectivity index (χ1v) is 6.82. The van der Waals surface area contributed by atoms with Crippen LogP contribution in [0.5, 0.6) is 0 Å². The molecule has 7 nitrogen and oxygen atoms in total. The highest BCUT2D eigenvalue weighted by Gasteiger charge is 2.43. The van der Waals surface area contributed by atoms with Gasteiger partial charge < -0.3 is 5.11 Å². The number of hydrogen-bond donors (Lipinski definition) is 1. The largest absolute Gasteiger partial charge is 0.481 e. The number of tetrazole rings is 1. The quantitative estimate of drug-likeness (QED) is 0.819. The van der Waals surface area contributed by atoms with Crippen LogP contribution in [0.2, 0.25) is 0 Å². The van der Waals surface area contributed by atoms with Crippen molar-refractivity contribution in [3.05, 3.63) is 5.82 Å². The van der Waals surface area contributed by atoms with Crippen molar-refractivity contribution in [1.29, 1.82) is 0 Å². The maximum atomic E-state index is 11.4. The van der Waals surface area contributed by atoms with E-state index in [0.29, 0.717) is 25.9 Å². The number of rotatable bonds is 6. The van der Waals surface area contributed by atoms with Crippen molar-refractivity contribution in [2.24, 2.45) is 5.41 Å². The van der Waals surface area contributed by atoms with Crippen LogP contribution in [0.15, 0.2) is 0 Å². The van der Waals surface area contributed by atoms with Gasteiger partial charge in [-0.15, -0.1) is 5.10 Å². The molecule has 1 atom stereocenters. The Morgan fingerprint density at radius 3 is 2.84 bits per heavy atom. The summed E-state index contributed by atoms with van der Waals surface area (Å²) >= 11 is 0. The minimum absolute atomic E-state index is 0.581. The number of aromatic nitrogens is 4. The fraction of sp³-hybridized carbons (Fsp3) is 0.833. The molecular weight excluding hydrogens is 246 g/mol. The molecule has 0 saturated carbocycles. The average molecular weight is 267 g/mol. The molecule has 19 heavy (non-hydrogen) atoms. The lowest BCUT2D eigenvalue weighted by Gasteiger charge is -2.22. The standard InChI is InChI=1S/C12H21N5O2/c1-3-6-17-10(13-14-15-17)8-16-7-5-12(4-2,9-16)11(18)19/h3-9H2,1-2H3,(H,18,19). The van der Waals surface area contributed by atoms with Gasteiger partial charge >= 0.3 is 5.97 Å². The van der Waals surface area contributed by atoms with Gasteiger partial charge in [-0.25, -0.2) is 4.68 Å². The lowest BCUT2D eigenvalue weighted by atomic mass is 9.84. The van der Waals surface area contributed by atoms with Crippen LogP contribution < -0.4 is 0 Å².